The third-order valence-electron chi connectivity index (χ3n) is 4.52. The molecule has 2 aromatic rings. The maximum atomic E-state index is 12.5. The number of nitrogens with zero attached hydrogens (tertiary/aromatic N) is 2. The number of phenolic OH excluding ortho intramolecular Hbond substituents is 1. The Kier molecular flexibility index (Phi) is 3.69. The molecule has 24 heavy (non-hydrogen) atoms. The van der Waals surface area contributed by atoms with Crippen molar-refractivity contribution >= 4 is 17.5 Å². The van der Waals surface area contributed by atoms with E-state index in [4.69, 9.17) is 4.74 Å². The molecular formula is C19H18N2O3. The van der Waals surface area contributed by atoms with Crippen LogP contribution in [0.15, 0.2) is 53.5 Å². The van der Waals surface area contributed by atoms with Gasteiger partial charge in [-0.3, -0.25) is 0 Å². The molecule has 4 rings (SSSR count). The molecule has 2 aliphatic heterocycles. The van der Waals surface area contributed by atoms with Crippen molar-refractivity contribution in [1.29, 1.82) is 0 Å². The molecular weight excluding hydrogens is 304 g/mol. The summed E-state index contributed by atoms with van der Waals surface area (Å²) in [4.78, 5) is 19.2. The average molecular weight is 322 g/mol. The van der Waals surface area contributed by atoms with E-state index in [2.05, 4.69) is 9.89 Å². The molecule has 0 aromatic heterocycles. The lowest BCUT2D eigenvalue weighted by atomic mass is 10.1. The van der Waals surface area contributed by atoms with Crippen molar-refractivity contribution < 1.29 is 14.6 Å². The highest BCUT2D eigenvalue weighted by Gasteiger charge is 2.37. The van der Waals surface area contributed by atoms with Gasteiger partial charge in [-0.15, -0.1) is 0 Å². The van der Waals surface area contributed by atoms with E-state index in [1.807, 2.05) is 24.3 Å². The van der Waals surface area contributed by atoms with Crippen molar-refractivity contribution in [3.05, 3.63) is 59.7 Å². The van der Waals surface area contributed by atoms with Gasteiger partial charge in [0.2, 0.25) is 0 Å². The van der Waals surface area contributed by atoms with Gasteiger partial charge in [0.1, 0.15) is 24.2 Å². The Hall–Kier alpha value is -2.82. The van der Waals surface area contributed by atoms with E-state index in [0.29, 0.717) is 6.54 Å². The number of aliphatic imine (C=N–C) groups is 1. The summed E-state index contributed by atoms with van der Waals surface area (Å²) < 4.78 is 5.47. The van der Waals surface area contributed by atoms with E-state index >= 15 is 0 Å². The van der Waals surface area contributed by atoms with Gasteiger partial charge in [0.05, 0.1) is 5.69 Å². The Morgan fingerprint density at radius 3 is 2.83 bits per heavy atom. The number of rotatable bonds is 3. The summed E-state index contributed by atoms with van der Waals surface area (Å²) in [5, 5.41) is 9.29. The first-order chi connectivity index (χ1) is 11.7. The van der Waals surface area contributed by atoms with E-state index in [1.165, 1.54) is 0 Å². The maximum Gasteiger partial charge on any atom is 0.329 e. The van der Waals surface area contributed by atoms with Gasteiger partial charge in [0, 0.05) is 13.0 Å². The number of hydrogen-bond acceptors (Lipinski definition) is 5. The van der Waals surface area contributed by atoms with Gasteiger partial charge in [-0.2, -0.15) is 0 Å². The summed E-state index contributed by atoms with van der Waals surface area (Å²) in [6, 6.07) is 14.4. The lowest BCUT2D eigenvalue weighted by Gasteiger charge is -2.29. The molecule has 5 nitrogen and oxygen atoms in total. The minimum atomic E-state index is -0.269. The van der Waals surface area contributed by atoms with E-state index in [-0.39, 0.29) is 24.4 Å². The number of carbonyl (C=O) groups is 1. The molecule has 1 fully saturated rings. The van der Waals surface area contributed by atoms with Gasteiger partial charge < -0.3 is 14.7 Å². The van der Waals surface area contributed by atoms with Gasteiger partial charge in [0.15, 0.2) is 0 Å². The maximum absolute atomic E-state index is 12.5. The molecule has 0 amide bonds. The lowest BCUT2D eigenvalue weighted by Crippen LogP contribution is -2.40. The van der Waals surface area contributed by atoms with Crippen LogP contribution >= 0.6 is 0 Å². The fraction of sp³-hybridized carbons (Fsp3) is 0.263. The number of esters is 1. The summed E-state index contributed by atoms with van der Waals surface area (Å²) in [6.45, 7) is 0.917. The van der Waals surface area contributed by atoms with Gasteiger partial charge in [-0.1, -0.05) is 30.3 Å². The Morgan fingerprint density at radius 2 is 2.00 bits per heavy atom. The molecule has 2 aromatic carbocycles. The van der Waals surface area contributed by atoms with Crippen LogP contribution in [-0.2, 0) is 22.7 Å². The second kappa shape index (κ2) is 6.00. The molecule has 0 bridgehead atoms. The minimum absolute atomic E-state index is 0.203. The van der Waals surface area contributed by atoms with Crippen molar-refractivity contribution in [2.75, 3.05) is 0 Å². The van der Waals surface area contributed by atoms with Gasteiger partial charge in [-0.05, 0) is 35.7 Å². The van der Waals surface area contributed by atoms with Crippen LogP contribution in [0.1, 0.15) is 24.0 Å². The normalized spacial score (nSPS) is 18.6. The molecule has 122 valence electrons. The Balaban J connectivity index is 1.44. The second-order valence-electron chi connectivity index (χ2n) is 6.11. The molecule has 0 unspecified atom stereocenters. The molecule has 1 N–H and O–H groups in total. The van der Waals surface area contributed by atoms with Gasteiger partial charge in [-0.25, -0.2) is 9.79 Å². The predicted octanol–water partition coefficient (Wildman–Crippen LogP) is 3.14. The zero-order valence-corrected chi connectivity index (χ0v) is 13.2. The van der Waals surface area contributed by atoms with Crippen molar-refractivity contribution in [3.63, 3.8) is 0 Å². The van der Waals surface area contributed by atoms with Crippen LogP contribution in [0.2, 0.25) is 0 Å². The van der Waals surface area contributed by atoms with Crippen LogP contribution in [0.25, 0.3) is 0 Å². The topological polar surface area (TPSA) is 62.1 Å². The van der Waals surface area contributed by atoms with Crippen LogP contribution in [0, 0.1) is 0 Å². The molecule has 0 saturated carbocycles. The number of ether oxygens (including phenoxy) is 1. The highest BCUT2D eigenvalue weighted by Crippen LogP contribution is 2.33. The third kappa shape index (κ3) is 2.73. The zero-order chi connectivity index (χ0) is 16.5. The van der Waals surface area contributed by atoms with Gasteiger partial charge >= 0.3 is 5.97 Å². The highest BCUT2D eigenvalue weighted by molar-refractivity contribution is 5.94. The average Bonchev–Trinajstić information content (AvgIpc) is 3.02. The molecule has 2 aliphatic rings. The number of hydrogen-bond donors (Lipinski definition) is 1. The number of para-hydroxylation sites is 1. The van der Waals surface area contributed by atoms with Crippen molar-refractivity contribution in [3.8, 4) is 5.75 Å². The first kappa shape index (κ1) is 14.8. The fourth-order valence-corrected chi connectivity index (χ4v) is 3.23. The minimum Gasteiger partial charge on any atom is -0.508 e. The van der Waals surface area contributed by atoms with Crippen LogP contribution in [0.3, 0.4) is 0 Å². The zero-order valence-electron chi connectivity index (χ0n) is 13.2. The third-order valence-corrected chi connectivity index (χ3v) is 4.52. The van der Waals surface area contributed by atoms with E-state index < -0.39 is 0 Å². The number of amidine groups is 1. The standard InChI is InChI=1S/C19H18N2O3/c22-15-7-5-13(6-8-15)12-24-19(23)17-9-10-18-20-16-4-2-1-3-14(16)11-21(17)18/h1-8,17,22H,9-12H2/t17-/m1/s1. The monoisotopic (exact) mass is 322 g/mol. The molecule has 1 saturated heterocycles. The summed E-state index contributed by atoms with van der Waals surface area (Å²) in [5.41, 5.74) is 3.00. The van der Waals surface area contributed by atoms with Crippen LogP contribution in [0.5, 0.6) is 5.75 Å². The highest BCUT2D eigenvalue weighted by atomic mass is 16.5. The quantitative estimate of drug-likeness (QED) is 0.882. The van der Waals surface area contributed by atoms with Crippen LogP contribution < -0.4 is 0 Å². The van der Waals surface area contributed by atoms with E-state index in [0.717, 1.165) is 35.5 Å². The lowest BCUT2D eigenvalue weighted by molar-refractivity contribution is -0.149. The largest absolute Gasteiger partial charge is 0.508 e. The Morgan fingerprint density at radius 1 is 1.21 bits per heavy atom. The Bertz CT molecular complexity index is 799. The molecule has 2 heterocycles. The SMILES string of the molecule is O=C(OCc1ccc(O)cc1)[C@H]1CCC2=Nc3ccccc3CN21. The number of phenols is 1. The Labute approximate surface area is 140 Å². The summed E-state index contributed by atoms with van der Waals surface area (Å²) in [7, 11) is 0. The molecule has 0 radical (unpaired) electrons. The van der Waals surface area contributed by atoms with E-state index in [1.54, 1.807) is 24.3 Å². The summed E-state index contributed by atoms with van der Waals surface area (Å²) in [6.07, 6.45) is 1.54. The second-order valence-corrected chi connectivity index (χ2v) is 6.11. The molecule has 1 atom stereocenters. The van der Waals surface area contributed by atoms with Gasteiger partial charge in [0.25, 0.3) is 0 Å². The van der Waals surface area contributed by atoms with Crippen LogP contribution in [-0.4, -0.2) is 27.9 Å². The van der Waals surface area contributed by atoms with Crippen LogP contribution in [0.4, 0.5) is 5.69 Å². The number of fused-ring (bicyclic) bond motifs is 2. The smallest absolute Gasteiger partial charge is 0.329 e. The number of carbonyl (C=O) groups excluding carboxylic acids is 1. The summed E-state index contributed by atoms with van der Waals surface area (Å²) in [5.74, 6) is 0.960. The number of benzene rings is 2. The molecule has 0 aliphatic carbocycles. The fourth-order valence-electron chi connectivity index (χ4n) is 3.23. The number of aromatic hydroxyl groups is 1. The van der Waals surface area contributed by atoms with Crippen molar-refractivity contribution in [2.24, 2.45) is 4.99 Å². The van der Waals surface area contributed by atoms with E-state index in [9.17, 15) is 9.90 Å². The predicted molar refractivity (Wildman–Crippen MR) is 90.0 cm³/mol. The first-order valence-electron chi connectivity index (χ1n) is 8.07. The first-order valence-corrected chi connectivity index (χ1v) is 8.07. The van der Waals surface area contributed by atoms with Crippen molar-refractivity contribution in [2.45, 2.75) is 32.0 Å². The van der Waals surface area contributed by atoms with Crippen molar-refractivity contribution in [1.82, 2.24) is 4.90 Å². The molecule has 0 spiro atoms. The summed E-state index contributed by atoms with van der Waals surface area (Å²) >= 11 is 0. The molecule has 5 heteroatoms.